The Balaban J connectivity index is 2.50. The highest BCUT2D eigenvalue weighted by atomic mass is 127. The van der Waals surface area contributed by atoms with Gasteiger partial charge in [0.15, 0.2) is 21.2 Å². The van der Waals surface area contributed by atoms with Gasteiger partial charge in [-0.1, -0.05) is 6.07 Å². The minimum Gasteiger partial charge on any atom is -0.423 e. The SMILES string of the molecule is O=Ic1ccc2c(c1)B(O)OC2. The molecule has 0 aromatic heterocycles. The Morgan fingerprint density at radius 2 is 2.42 bits per heavy atom. The molecule has 1 aliphatic rings. The van der Waals surface area contributed by atoms with E-state index in [1.165, 1.54) is 0 Å². The van der Waals surface area contributed by atoms with Crippen LogP contribution in [0.4, 0.5) is 0 Å². The number of benzene rings is 1. The monoisotopic (exact) mass is 276 g/mol. The third-order valence-electron chi connectivity index (χ3n) is 1.86. The molecular weight excluding hydrogens is 270 g/mol. The molecule has 12 heavy (non-hydrogen) atoms. The van der Waals surface area contributed by atoms with Gasteiger partial charge in [0.2, 0.25) is 0 Å². The predicted octanol–water partition coefficient (Wildman–Crippen LogP) is 0.390. The highest BCUT2D eigenvalue weighted by Gasteiger charge is 2.27. The van der Waals surface area contributed by atoms with Gasteiger partial charge in [0.25, 0.3) is 0 Å². The molecule has 0 radical (unpaired) electrons. The lowest BCUT2D eigenvalue weighted by molar-refractivity contribution is 0.275. The van der Waals surface area contributed by atoms with E-state index in [0.29, 0.717) is 6.61 Å². The van der Waals surface area contributed by atoms with Gasteiger partial charge >= 0.3 is 7.12 Å². The first-order valence-electron chi connectivity index (χ1n) is 3.51. The summed E-state index contributed by atoms with van der Waals surface area (Å²) in [6.07, 6.45) is 0. The van der Waals surface area contributed by atoms with Crippen molar-refractivity contribution < 1.29 is 12.7 Å². The van der Waals surface area contributed by atoms with E-state index in [-0.39, 0.29) is 0 Å². The van der Waals surface area contributed by atoms with Crippen LogP contribution in [0, 0.1) is 3.57 Å². The van der Waals surface area contributed by atoms with Gasteiger partial charge in [0.1, 0.15) is 0 Å². The fourth-order valence-corrected chi connectivity index (χ4v) is 2.02. The van der Waals surface area contributed by atoms with E-state index in [1.54, 1.807) is 6.07 Å². The highest BCUT2D eigenvalue weighted by Crippen LogP contribution is 2.14. The molecule has 0 fully saturated rings. The molecule has 1 N–H and O–H groups in total. The van der Waals surface area contributed by atoms with E-state index in [2.05, 4.69) is 0 Å². The standard InChI is InChI=1S/C7H6BIO3/c10-8-7-3-6(9-11)2-1-5(7)4-12-8/h1-3,10H,4H2. The zero-order valence-corrected chi connectivity index (χ0v) is 8.32. The normalized spacial score (nSPS) is 14.9. The average Bonchev–Trinajstić information content (AvgIpc) is 2.47. The van der Waals surface area contributed by atoms with E-state index in [9.17, 15) is 8.09 Å². The van der Waals surface area contributed by atoms with Crippen molar-refractivity contribution in [3.05, 3.63) is 27.3 Å². The zero-order valence-electron chi connectivity index (χ0n) is 6.16. The minimum atomic E-state index is -1.13. The van der Waals surface area contributed by atoms with Crippen LogP contribution in [0.5, 0.6) is 0 Å². The molecule has 2 rings (SSSR count). The zero-order chi connectivity index (χ0) is 8.55. The number of fused-ring (bicyclic) bond motifs is 1. The van der Waals surface area contributed by atoms with Crippen molar-refractivity contribution in [2.45, 2.75) is 6.61 Å². The maximum absolute atomic E-state index is 10.6. The van der Waals surface area contributed by atoms with Gasteiger partial charge < -0.3 is 9.68 Å². The number of hydrogen-bond donors (Lipinski definition) is 1. The summed E-state index contributed by atoms with van der Waals surface area (Å²) < 4.78 is 16.4. The third-order valence-corrected chi connectivity index (χ3v) is 3.04. The Bertz CT molecular complexity index is 328. The summed E-state index contributed by atoms with van der Waals surface area (Å²) >= 11 is -1.13. The van der Waals surface area contributed by atoms with Crippen LogP contribution in [0.1, 0.15) is 5.56 Å². The molecule has 1 aromatic rings. The summed E-state index contributed by atoms with van der Waals surface area (Å²) in [5, 5.41) is 9.29. The maximum atomic E-state index is 10.6. The van der Waals surface area contributed by atoms with E-state index in [4.69, 9.17) is 4.65 Å². The second-order valence-corrected chi connectivity index (χ2v) is 4.27. The summed E-state index contributed by atoms with van der Waals surface area (Å²) in [5.74, 6) is 0. The van der Waals surface area contributed by atoms with Crippen LogP contribution in [-0.4, -0.2) is 12.1 Å². The Labute approximate surface area is 80.5 Å². The van der Waals surface area contributed by atoms with Gasteiger partial charge in [-0.3, -0.25) is 3.07 Å². The van der Waals surface area contributed by atoms with Crippen molar-refractivity contribution in [1.29, 1.82) is 0 Å². The van der Waals surface area contributed by atoms with Crippen LogP contribution in [-0.2, 0) is 14.3 Å². The molecule has 62 valence electrons. The molecule has 0 unspecified atom stereocenters. The Kier molecular flexibility index (Phi) is 2.25. The average molecular weight is 276 g/mol. The molecule has 0 aliphatic carbocycles. The molecule has 1 aromatic carbocycles. The Hall–Kier alpha value is -0.265. The smallest absolute Gasteiger partial charge is 0.423 e. The maximum Gasteiger partial charge on any atom is 0.491 e. The third kappa shape index (κ3) is 1.32. The minimum absolute atomic E-state index is 0.452. The van der Waals surface area contributed by atoms with Gasteiger partial charge in [-0.2, -0.15) is 0 Å². The molecule has 0 amide bonds. The lowest BCUT2D eigenvalue weighted by Gasteiger charge is -1.96. The summed E-state index contributed by atoms with van der Waals surface area (Å²) in [6.45, 7) is 0.452. The number of halogens is 1. The number of hydrogen-bond acceptors (Lipinski definition) is 3. The summed E-state index contributed by atoms with van der Waals surface area (Å²) in [4.78, 5) is 0. The first kappa shape index (κ1) is 8.34. The molecule has 3 nitrogen and oxygen atoms in total. The van der Waals surface area contributed by atoms with E-state index >= 15 is 0 Å². The fraction of sp³-hybridized carbons (Fsp3) is 0.143. The van der Waals surface area contributed by atoms with Crippen molar-refractivity contribution in [3.63, 3.8) is 0 Å². The van der Waals surface area contributed by atoms with Gasteiger partial charge in [-0.15, -0.1) is 0 Å². The molecule has 0 atom stereocenters. The van der Waals surface area contributed by atoms with Crippen LogP contribution in [0.2, 0.25) is 0 Å². The van der Waals surface area contributed by atoms with Crippen LogP contribution in [0.3, 0.4) is 0 Å². The van der Waals surface area contributed by atoms with Crippen LogP contribution >= 0.6 is 21.2 Å². The van der Waals surface area contributed by atoms with Crippen molar-refractivity contribution in [2.75, 3.05) is 0 Å². The molecule has 1 aliphatic heterocycles. The Morgan fingerprint density at radius 3 is 3.17 bits per heavy atom. The van der Waals surface area contributed by atoms with E-state index in [0.717, 1.165) is 14.6 Å². The second kappa shape index (κ2) is 3.23. The predicted molar refractivity (Wildman–Crippen MR) is 52.2 cm³/mol. The molecule has 0 bridgehead atoms. The molecule has 0 spiro atoms. The topological polar surface area (TPSA) is 46.5 Å². The lowest BCUT2D eigenvalue weighted by atomic mass is 9.80. The fourth-order valence-electron chi connectivity index (χ4n) is 1.23. The first-order valence-corrected chi connectivity index (χ1v) is 5.47. The molecule has 0 saturated carbocycles. The van der Waals surface area contributed by atoms with Gasteiger partial charge in [0.05, 0.1) is 6.61 Å². The van der Waals surface area contributed by atoms with Gasteiger partial charge in [-0.25, -0.2) is 0 Å². The first-order chi connectivity index (χ1) is 5.81. The van der Waals surface area contributed by atoms with Crippen molar-refractivity contribution in [2.24, 2.45) is 0 Å². The molecule has 5 heteroatoms. The van der Waals surface area contributed by atoms with Crippen LogP contribution in [0.25, 0.3) is 0 Å². The van der Waals surface area contributed by atoms with Gasteiger partial charge in [-0.05, 0) is 23.2 Å². The lowest BCUT2D eigenvalue weighted by Crippen LogP contribution is -2.28. The van der Waals surface area contributed by atoms with Crippen LogP contribution in [0.15, 0.2) is 18.2 Å². The summed E-state index contributed by atoms with van der Waals surface area (Å²) in [7, 11) is -0.824. The summed E-state index contributed by atoms with van der Waals surface area (Å²) in [6, 6.07) is 5.44. The van der Waals surface area contributed by atoms with Crippen molar-refractivity contribution in [3.8, 4) is 0 Å². The van der Waals surface area contributed by atoms with E-state index in [1.807, 2.05) is 12.1 Å². The highest BCUT2D eigenvalue weighted by molar-refractivity contribution is 14.1. The molecule has 0 saturated heterocycles. The van der Waals surface area contributed by atoms with Gasteiger partial charge in [0, 0.05) is 3.57 Å². The van der Waals surface area contributed by atoms with E-state index < -0.39 is 28.3 Å². The second-order valence-electron chi connectivity index (χ2n) is 2.58. The largest absolute Gasteiger partial charge is 0.491 e. The quantitative estimate of drug-likeness (QED) is 0.596. The summed E-state index contributed by atoms with van der Waals surface area (Å²) in [5.41, 5.74) is 1.76. The van der Waals surface area contributed by atoms with Crippen molar-refractivity contribution in [1.82, 2.24) is 0 Å². The van der Waals surface area contributed by atoms with Crippen molar-refractivity contribution >= 4 is 33.8 Å². The van der Waals surface area contributed by atoms with Crippen LogP contribution < -0.4 is 5.46 Å². The molecular formula is C7H6BIO3. The Morgan fingerprint density at radius 1 is 1.58 bits per heavy atom. The molecule has 1 heterocycles. The number of rotatable bonds is 1.